The van der Waals surface area contributed by atoms with Crippen LogP contribution in [-0.2, 0) is 13.1 Å². The van der Waals surface area contributed by atoms with E-state index in [1.165, 1.54) is 5.56 Å². The third-order valence-corrected chi connectivity index (χ3v) is 3.14. The summed E-state index contributed by atoms with van der Waals surface area (Å²) in [4.78, 5) is 8.52. The Morgan fingerprint density at radius 2 is 1.71 bits per heavy atom. The van der Waals surface area contributed by atoms with E-state index in [1.807, 2.05) is 50.4 Å². The van der Waals surface area contributed by atoms with Crippen LogP contribution in [-0.4, -0.2) is 24.1 Å². The fraction of sp³-hybridized carbons (Fsp3) is 0.333. The van der Waals surface area contributed by atoms with Gasteiger partial charge in [-0.25, -0.2) is 4.98 Å². The molecule has 1 aromatic heterocycles. The summed E-state index contributed by atoms with van der Waals surface area (Å²) in [5, 5.41) is 6.56. The van der Waals surface area contributed by atoms with E-state index in [-0.39, 0.29) is 30.1 Å². The van der Waals surface area contributed by atoms with E-state index in [1.54, 1.807) is 7.05 Å². The summed E-state index contributed by atoms with van der Waals surface area (Å²) in [6.07, 6.45) is 1.95. The quantitative estimate of drug-likeness (QED) is 0.411. The van der Waals surface area contributed by atoms with Gasteiger partial charge in [-0.2, -0.15) is 0 Å². The number of hydrogen-bond acceptors (Lipinski definition) is 3. The maximum Gasteiger partial charge on any atom is 0.213 e. The molecule has 24 heavy (non-hydrogen) atoms. The molecule has 1 heterocycles. The Morgan fingerprint density at radius 3 is 2.25 bits per heavy atom. The van der Waals surface area contributed by atoms with E-state index < -0.39 is 0 Å². The van der Waals surface area contributed by atoms with Gasteiger partial charge < -0.3 is 15.4 Å². The normalized spacial score (nSPS) is 10.9. The van der Waals surface area contributed by atoms with Gasteiger partial charge in [-0.1, -0.05) is 36.4 Å². The number of aliphatic imine (C=N–C) groups is 1. The zero-order valence-electron chi connectivity index (χ0n) is 14.3. The van der Waals surface area contributed by atoms with E-state index in [2.05, 4.69) is 32.7 Å². The first-order chi connectivity index (χ1) is 11.2. The molecule has 0 radical (unpaired) electrons. The molecule has 0 saturated carbocycles. The number of benzene rings is 1. The van der Waals surface area contributed by atoms with Crippen molar-refractivity contribution in [2.24, 2.45) is 4.99 Å². The average molecular weight is 440 g/mol. The van der Waals surface area contributed by atoms with E-state index in [0.29, 0.717) is 12.4 Å². The Hall–Kier alpha value is -1.83. The molecule has 0 amide bonds. The van der Waals surface area contributed by atoms with Crippen LogP contribution in [0, 0.1) is 0 Å². The Balaban J connectivity index is 0.00000288. The second-order valence-electron chi connectivity index (χ2n) is 5.44. The summed E-state index contributed by atoms with van der Waals surface area (Å²) < 4.78 is 5.54. The molecule has 0 aliphatic carbocycles. The molecule has 6 heteroatoms. The van der Waals surface area contributed by atoms with E-state index in [4.69, 9.17) is 4.74 Å². The summed E-state index contributed by atoms with van der Waals surface area (Å²) in [6.45, 7) is 5.36. The number of rotatable bonds is 6. The lowest BCUT2D eigenvalue weighted by atomic mass is 10.2. The van der Waals surface area contributed by atoms with Crippen molar-refractivity contribution < 1.29 is 4.74 Å². The smallest absolute Gasteiger partial charge is 0.213 e. The van der Waals surface area contributed by atoms with Crippen LogP contribution in [0.2, 0.25) is 0 Å². The summed E-state index contributed by atoms with van der Waals surface area (Å²) in [7, 11) is 1.76. The first-order valence-corrected chi connectivity index (χ1v) is 7.77. The average Bonchev–Trinajstić information content (AvgIpc) is 2.57. The van der Waals surface area contributed by atoms with Crippen LogP contribution in [0.3, 0.4) is 0 Å². The van der Waals surface area contributed by atoms with Gasteiger partial charge in [0.2, 0.25) is 5.88 Å². The molecule has 2 rings (SSSR count). The first kappa shape index (κ1) is 20.2. The van der Waals surface area contributed by atoms with Crippen LogP contribution in [0.1, 0.15) is 25.0 Å². The van der Waals surface area contributed by atoms with Crippen LogP contribution in [0.15, 0.2) is 53.7 Å². The number of ether oxygens (including phenoxy) is 1. The zero-order valence-corrected chi connectivity index (χ0v) is 16.7. The number of hydrogen-bond donors (Lipinski definition) is 2. The molecular weight excluding hydrogens is 415 g/mol. The number of nitrogens with one attached hydrogen (secondary N) is 2. The van der Waals surface area contributed by atoms with Gasteiger partial charge in [-0.05, 0) is 25.0 Å². The molecule has 0 aliphatic heterocycles. The molecule has 0 unspecified atom stereocenters. The summed E-state index contributed by atoms with van der Waals surface area (Å²) in [6, 6.07) is 14.1. The number of aromatic nitrogens is 1. The molecule has 0 spiro atoms. The topological polar surface area (TPSA) is 58.5 Å². The van der Waals surface area contributed by atoms with Gasteiger partial charge in [-0.3, -0.25) is 4.99 Å². The van der Waals surface area contributed by atoms with Crippen LogP contribution in [0.5, 0.6) is 5.88 Å². The van der Waals surface area contributed by atoms with Crippen molar-refractivity contribution in [3.05, 3.63) is 59.8 Å². The first-order valence-electron chi connectivity index (χ1n) is 7.77. The Bertz CT molecular complexity index is 615. The van der Waals surface area contributed by atoms with Gasteiger partial charge in [0.1, 0.15) is 0 Å². The molecule has 2 N–H and O–H groups in total. The highest BCUT2D eigenvalue weighted by molar-refractivity contribution is 14.0. The molecule has 0 aliphatic rings. The van der Waals surface area contributed by atoms with Crippen molar-refractivity contribution in [2.75, 3.05) is 7.05 Å². The molecule has 5 nitrogen and oxygen atoms in total. The molecule has 0 bridgehead atoms. The Kier molecular flexibility index (Phi) is 9.14. The fourth-order valence-electron chi connectivity index (χ4n) is 2.01. The minimum absolute atomic E-state index is 0. The summed E-state index contributed by atoms with van der Waals surface area (Å²) >= 11 is 0. The molecule has 2 aromatic rings. The van der Waals surface area contributed by atoms with Crippen LogP contribution in [0.25, 0.3) is 0 Å². The maximum atomic E-state index is 5.54. The van der Waals surface area contributed by atoms with Gasteiger partial charge in [-0.15, -0.1) is 24.0 Å². The number of pyridine rings is 1. The lowest BCUT2D eigenvalue weighted by Gasteiger charge is -2.12. The highest BCUT2D eigenvalue weighted by atomic mass is 127. The van der Waals surface area contributed by atoms with Crippen molar-refractivity contribution >= 4 is 29.9 Å². The van der Waals surface area contributed by atoms with Crippen molar-refractivity contribution in [2.45, 2.75) is 33.0 Å². The predicted molar refractivity (Wildman–Crippen MR) is 109 cm³/mol. The molecule has 0 fully saturated rings. The van der Waals surface area contributed by atoms with E-state index >= 15 is 0 Å². The second kappa shape index (κ2) is 10.9. The van der Waals surface area contributed by atoms with Gasteiger partial charge in [0.15, 0.2) is 5.96 Å². The highest BCUT2D eigenvalue weighted by Crippen LogP contribution is 2.09. The van der Waals surface area contributed by atoms with Gasteiger partial charge in [0.05, 0.1) is 6.10 Å². The zero-order chi connectivity index (χ0) is 16.5. The molecular formula is C18H25IN4O. The molecule has 1 aromatic carbocycles. The monoisotopic (exact) mass is 440 g/mol. The Labute approximate surface area is 161 Å². The van der Waals surface area contributed by atoms with Gasteiger partial charge >= 0.3 is 0 Å². The van der Waals surface area contributed by atoms with Crippen molar-refractivity contribution in [1.82, 2.24) is 15.6 Å². The second-order valence-corrected chi connectivity index (χ2v) is 5.44. The molecule has 0 saturated heterocycles. The minimum atomic E-state index is 0. The van der Waals surface area contributed by atoms with Crippen LogP contribution in [0.4, 0.5) is 0 Å². The van der Waals surface area contributed by atoms with Crippen molar-refractivity contribution in [1.29, 1.82) is 0 Å². The maximum absolute atomic E-state index is 5.54. The fourth-order valence-corrected chi connectivity index (χ4v) is 2.01. The summed E-state index contributed by atoms with van der Waals surface area (Å²) in [5.74, 6) is 1.41. The third kappa shape index (κ3) is 7.16. The highest BCUT2D eigenvalue weighted by Gasteiger charge is 2.01. The third-order valence-electron chi connectivity index (χ3n) is 3.14. The number of halogens is 1. The minimum Gasteiger partial charge on any atom is -0.475 e. The SMILES string of the molecule is CN=C(NCc1ccccc1)NCc1ccc(OC(C)C)nc1.I. The van der Waals surface area contributed by atoms with Gasteiger partial charge in [0, 0.05) is 32.4 Å². The molecule has 130 valence electrons. The number of guanidine groups is 1. The standard InChI is InChI=1S/C18H24N4O.HI/c1-14(2)23-17-10-9-16(12-20-17)13-22-18(19-3)21-11-15-7-5-4-6-8-15;/h4-10,12,14H,11,13H2,1-3H3,(H2,19,21,22);1H. The van der Waals surface area contributed by atoms with E-state index in [0.717, 1.165) is 18.1 Å². The largest absolute Gasteiger partial charge is 0.475 e. The van der Waals surface area contributed by atoms with E-state index in [9.17, 15) is 0 Å². The van der Waals surface area contributed by atoms with Crippen LogP contribution < -0.4 is 15.4 Å². The van der Waals surface area contributed by atoms with Gasteiger partial charge in [0.25, 0.3) is 0 Å². The Morgan fingerprint density at radius 1 is 1.04 bits per heavy atom. The lowest BCUT2D eigenvalue weighted by molar-refractivity contribution is 0.232. The molecule has 0 atom stereocenters. The van der Waals surface area contributed by atoms with Crippen molar-refractivity contribution in [3.8, 4) is 5.88 Å². The predicted octanol–water partition coefficient (Wildman–Crippen LogP) is 3.35. The summed E-state index contributed by atoms with van der Waals surface area (Å²) in [5.41, 5.74) is 2.29. The lowest BCUT2D eigenvalue weighted by Crippen LogP contribution is -2.36. The number of nitrogens with zero attached hydrogens (tertiary/aromatic N) is 2. The van der Waals surface area contributed by atoms with Crippen molar-refractivity contribution in [3.63, 3.8) is 0 Å². The van der Waals surface area contributed by atoms with Crippen LogP contribution >= 0.6 is 24.0 Å².